The molecule has 2 aliphatic heterocycles. The minimum absolute atomic E-state index is 0.0432. The average molecular weight is 1140 g/mol. The minimum atomic E-state index is -1.17. The molecule has 28 heteroatoms. The van der Waals surface area contributed by atoms with E-state index in [0.29, 0.717) is 25.7 Å². The molecule has 2 heterocycles. The summed E-state index contributed by atoms with van der Waals surface area (Å²) >= 11 is 0. The van der Waals surface area contributed by atoms with Gasteiger partial charge in [0.1, 0.15) is 22.7 Å². The third kappa shape index (κ3) is 31.1. The maximum absolute atomic E-state index is 12.2. The normalized spacial score (nSPS) is 15.2. The van der Waals surface area contributed by atoms with Crippen molar-refractivity contribution in [2.75, 3.05) is 65.7 Å². The van der Waals surface area contributed by atoms with E-state index in [1.807, 2.05) is 69.2 Å². The summed E-state index contributed by atoms with van der Waals surface area (Å²) in [7, 11) is 0. The molecular formula is C52H100N16O12. The number of amides is 4. The molecule has 0 saturated heterocycles. The largest absolute Gasteiger partial charge is 0.481 e. The van der Waals surface area contributed by atoms with Crippen molar-refractivity contribution in [2.45, 2.75) is 220 Å². The Kier molecular flexibility index (Phi) is 33.3. The lowest BCUT2D eigenvalue weighted by Crippen LogP contribution is -2.48. The molecule has 0 bridgehead atoms. The standard InChI is InChI=1S/C16H32N4O4.C12H22N6.C12H24N4O4.C12H22N2O4/c1-7-11(9-21)17-13(23)15(3,4)19-20-16(5,6)14(24)18-12(8-2)10-22;1-11(2,9-13-5-6-14-9)17-18-12(3,4)10-15-7-8-16-10;1-11(2,9(19)13-5-7-17)15-16-12(3,4)10(20)14-6-8-18;1-11(2,7-5-9(15)16)13-14-12(3,4)8-6-10(17)18/h11-12,21-22H,7-10H2,1-6H3,(H,17,23)(H,18,24);5-8H2,1-4H3,(H,13,14)(H,15,16);17-18H,5-8H2,1-4H3,(H,13,19)(H,14,20);5-8H2,1-4H3,(H,15,16)(H,17,18). The number of amidine groups is 2. The van der Waals surface area contributed by atoms with Crippen molar-refractivity contribution >= 4 is 47.2 Å². The van der Waals surface area contributed by atoms with Crippen molar-refractivity contribution < 1.29 is 59.4 Å². The summed E-state index contributed by atoms with van der Waals surface area (Å²) in [6.45, 7) is 34.7. The van der Waals surface area contributed by atoms with Crippen LogP contribution in [-0.2, 0) is 28.8 Å². The lowest BCUT2D eigenvalue weighted by molar-refractivity contribution is -0.138. The molecule has 0 fully saturated rings. The van der Waals surface area contributed by atoms with Crippen molar-refractivity contribution in [1.82, 2.24) is 31.9 Å². The van der Waals surface area contributed by atoms with E-state index >= 15 is 0 Å². The van der Waals surface area contributed by atoms with Gasteiger partial charge >= 0.3 is 11.9 Å². The molecule has 0 aliphatic carbocycles. The van der Waals surface area contributed by atoms with E-state index in [9.17, 15) is 28.8 Å². The van der Waals surface area contributed by atoms with Gasteiger partial charge in [0.15, 0.2) is 22.2 Å². The van der Waals surface area contributed by atoms with Crippen molar-refractivity contribution in [3.05, 3.63) is 0 Å². The van der Waals surface area contributed by atoms with Gasteiger partial charge in [-0.15, -0.1) is 0 Å². The zero-order valence-corrected chi connectivity index (χ0v) is 51.1. The number of carboxylic acid groups (broad SMARTS) is 2. The minimum Gasteiger partial charge on any atom is -0.481 e. The van der Waals surface area contributed by atoms with Gasteiger partial charge in [-0.05, 0) is 136 Å². The number of nitrogens with one attached hydrogen (secondary N) is 6. The summed E-state index contributed by atoms with van der Waals surface area (Å²) in [4.78, 5) is 77.8. The zero-order valence-electron chi connectivity index (χ0n) is 51.1. The van der Waals surface area contributed by atoms with Crippen molar-refractivity contribution in [3.63, 3.8) is 0 Å². The summed E-state index contributed by atoms with van der Waals surface area (Å²) < 4.78 is 0. The summed E-state index contributed by atoms with van der Waals surface area (Å²) in [6.07, 6.45) is 2.09. The number of nitrogens with zero attached hydrogens (tertiary/aromatic N) is 10. The van der Waals surface area contributed by atoms with Gasteiger partial charge in [-0.25, -0.2) is 0 Å². The SMILES string of the molecule is CC(C)(CCC(=O)O)N=NC(C)(C)CCC(=O)O.CC(C)(N=NC(C)(C)C(=O)NCCO)C(=O)NCCO.CC(C)(N=NC(C)(C)C1=NCCN1)C1=NCCN1.CCC(CO)NC(=O)C(C)(C)N=NC(C)(C)C(=O)NC(CC)CO. The molecule has 2 unspecified atom stereocenters. The topological polar surface area (TPSA) is 420 Å². The van der Waals surface area contributed by atoms with Crippen molar-refractivity contribution in [3.8, 4) is 0 Å². The first kappa shape index (κ1) is 76.1. The number of aliphatic hydroxyl groups is 4. The molecule has 2 atom stereocenters. The van der Waals surface area contributed by atoms with Crippen LogP contribution in [0.3, 0.4) is 0 Å². The van der Waals surface area contributed by atoms with Crippen LogP contribution < -0.4 is 31.9 Å². The zero-order chi connectivity index (χ0) is 62.4. The van der Waals surface area contributed by atoms with Crippen LogP contribution in [0.1, 0.15) is 163 Å². The van der Waals surface area contributed by atoms with Gasteiger partial charge in [0.25, 0.3) is 0 Å². The Morgan fingerprint density at radius 1 is 0.475 bits per heavy atom. The van der Waals surface area contributed by atoms with Gasteiger partial charge in [0, 0.05) is 39.0 Å². The Labute approximate surface area is 473 Å². The summed E-state index contributed by atoms with van der Waals surface area (Å²) in [5.74, 6) is -1.39. The van der Waals surface area contributed by atoms with Crippen LogP contribution in [0.2, 0.25) is 0 Å². The second kappa shape index (κ2) is 35.0. The second-order valence-corrected chi connectivity index (χ2v) is 23.4. The van der Waals surface area contributed by atoms with Crippen LogP contribution in [0.15, 0.2) is 50.9 Å². The van der Waals surface area contributed by atoms with E-state index in [2.05, 4.69) is 82.8 Å². The molecule has 460 valence electrons. The molecule has 0 spiro atoms. The number of aliphatic imine (C=N–C) groups is 2. The highest BCUT2D eigenvalue weighted by Gasteiger charge is 2.35. The molecule has 0 radical (unpaired) electrons. The Morgan fingerprint density at radius 3 is 0.988 bits per heavy atom. The number of hydrogen-bond donors (Lipinski definition) is 12. The Bertz CT molecular complexity index is 2000. The highest BCUT2D eigenvalue weighted by atomic mass is 16.4. The maximum Gasteiger partial charge on any atom is 0.303 e. The van der Waals surface area contributed by atoms with E-state index in [0.717, 1.165) is 37.9 Å². The van der Waals surface area contributed by atoms with Crippen LogP contribution in [0.5, 0.6) is 0 Å². The fraction of sp³-hybridized carbons (Fsp3) is 0.846. The molecular weight excluding hydrogens is 1040 g/mol. The van der Waals surface area contributed by atoms with Gasteiger partial charge in [0.2, 0.25) is 23.6 Å². The van der Waals surface area contributed by atoms with Crippen LogP contribution in [0.4, 0.5) is 0 Å². The van der Waals surface area contributed by atoms with E-state index in [1.165, 1.54) is 0 Å². The molecule has 0 aromatic rings. The second-order valence-electron chi connectivity index (χ2n) is 23.4. The van der Waals surface area contributed by atoms with Crippen LogP contribution in [0, 0.1) is 0 Å². The lowest BCUT2D eigenvalue weighted by Gasteiger charge is -2.25. The highest BCUT2D eigenvalue weighted by molar-refractivity contribution is 5.93. The number of carboxylic acids is 2. The molecule has 12 N–H and O–H groups in total. The first-order valence-electron chi connectivity index (χ1n) is 27.1. The van der Waals surface area contributed by atoms with Crippen LogP contribution in [0.25, 0.3) is 0 Å². The quantitative estimate of drug-likeness (QED) is 0.0457. The number of carbonyl (C=O) groups excluding carboxylic acids is 4. The average Bonchev–Trinajstić information content (AvgIpc) is 4.15. The van der Waals surface area contributed by atoms with Gasteiger partial charge in [-0.1, -0.05) is 13.8 Å². The first-order chi connectivity index (χ1) is 36.7. The molecule has 4 amide bonds. The molecule has 0 aromatic carbocycles. The predicted octanol–water partition coefficient (Wildman–Crippen LogP) is 3.71. The molecule has 80 heavy (non-hydrogen) atoms. The first-order valence-corrected chi connectivity index (χ1v) is 27.1. The molecule has 2 rings (SSSR count). The number of azo groups is 4. The lowest BCUT2D eigenvalue weighted by atomic mass is 9.98. The fourth-order valence-corrected chi connectivity index (χ4v) is 5.89. The Balaban J connectivity index is 0. The van der Waals surface area contributed by atoms with E-state index < -0.39 is 56.3 Å². The number of rotatable bonds is 30. The van der Waals surface area contributed by atoms with E-state index in [4.69, 9.17) is 30.6 Å². The third-order valence-corrected chi connectivity index (χ3v) is 11.8. The van der Waals surface area contributed by atoms with Gasteiger partial charge in [-0.3, -0.25) is 38.8 Å². The maximum atomic E-state index is 12.2. The molecule has 0 aromatic heterocycles. The number of aliphatic carboxylic acids is 2. The van der Waals surface area contributed by atoms with Crippen LogP contribution >= 0.6 is 0 Å². The number of carbonyl (C=O) groups is 6. The highest BCUT2D eigenvalue weighted by Crippen LogP contribution is 2.24. The predicted molar refractivity (Wildman–Crippen MR) is 305 cm³/mol. The Hall–Kier alpha value is -6.00. The number of hydrogen-bond acceptors (Lipinski definition) is 22. The summed E-state index contributed by atoms with van der Waals surface area (Å²) in [6, 6.07) is -0.670. The molecule has 0 saturated carbocycles. The molecule has 28 nitrogen and oxygen atoms in total. The smallest absolute Gasteiger partial charge is 0.303 e. The molecule has 2 aliphatic rings. The Morgan fingerprint density at radius 2 is 0.762 bits per heavy atom. The number of aliphatic hydroxyl groups excluding tert-OH is 4. The van der Waals surface area contributed by atoms with E-state index in [-0.39, 0.29) is 88.1 Å². The van der Waals surface area contributed by atoms with E-state index in [1.54, 1.807) is 55.4 Å². The summed E-state index contributed by atoms with van der Waals surface area (Å²) in [5.41, 5.74) is -6.48. The monoisotopic (exact) mass is 1140 g/mol. The van der Waals surface area contributed by atoms with Crippen LogP contribution in [-0.4, -0.2) is 200 Å². The third-order valence-electron chi connectivity index (χ3n) is 11.8. The summed E-state index contributed by atoms with van der Waals surface area (Å²) in [5, 5.41) is 103. The fourth-order valence-electron chi connectivity index (χ4n) is 5.89. The van der Waals surface area contributed by atoms with Crippen molar-refractivity contribution in [1.29, 1.82) is 0 Å². The van der Waals surface area contributed by atoms with Gasteiger partial charge in [-0.2, -0.15) is 40.9 Å². The van der Waals surface area contributed by atoms with Gasteiger partial charge < -0.3 is 62.5 Å². The van der Waals surface area contributed by atoms with Gasteiger partial charge in [0.05, 0.1) is 62.7 Å². The van der Waals surface area contributed by atoms with Crippen molar-refractivity contribution in [2.24, 2.45) is 50.9 Å².